The third-order valence-corrected chi connectivity index (χ3v) is 5.03. The number of aromatic nitrogens is 2. The molecule has 0 fully saturated rings. The summed E-state index contributed by atoms with van der Waals surface area (Å²) in [6.07, 6.45) is 0.779. The second-order valence-electron chi connectivity index (χ2n) is 6.04. The molecule has 0 saturated heterocycles. The number of amides is 1. The molecule has 1 unspecified atom stereocenters. The molecule has 2 heterocycles. The Bertz CT molecular complexity index is 927. The Morgan fingerprint density at radius 2 is 1.96 bits per heavy atom. The summed E-state index contributed by atoms with van der Waals surface area (Å²) in [4.78, 5) is 12.4. The minimum absolute atomic E-state index is 0.180. The van der Waals surface area contributed by atoms with Gasteiger partial charge in [0.1, 0.15) is 5.01 Å². The molecule has 1 aliphatic heterocycles. The molecule has 1 amide bonds. The van der Waals surface area contributed by atoms with Crippen molar-refractivity contribution in [1.29, 1.82) is 0 Å². The van der Waals surface area contributed by atoms with E-state index in [0.717, 1.165) is 11.4 Å². The number of benzene rings is 2. The van der Waals surface area contributed by atoms with Gasteiger partial charge in [-0.25, -0.2) is 0 Å². The highest BCUT2D eigenvalue weighted by atomic mass is 32.1. The molecule has 1 N–H and O–H groups in total. The van der Waals surface area contributed by atoms with Crippen LogP contribution in [0.2, 0.25) is 0 Å². The SMILES string of the molecule is CC(Cc1nnc(NC(=O)c2ccc3c(c2)OCO3)s1)c1ccccc1. The van der Waals surface area contributed by atoms with E-state index < -0.39 is 0 Å². The third-order valence-electron chi connectivity index (χ3n) is 4.17. The van der Waals surface area contributed by atoms with E-state index in [1.807, 2.05) is 18.2 Å². The maximum absolute atomic E-state index is 12.4. The molecule has 0 saturated carbocycles. The average Bonchev–Trinajstić information content (AvgIpc) is 3.31. The normalized spacial score (nSPS) is 13.4. The molecule has 1 aromatic heterocycles. The number of nitrogens with zero attached hydrogens (tertiary/aromatic N) is 2. The van der Waals surface area contributed by atoms with Gasteiger partial charge in [-0.1, -0.05) is 48.6 Å². The first-order valence-corrected chi connectivity index (χ1v) is 9.09. The van der Waals surface area contributed by atoms with Crippen molar-refractivity contribution in [3.63, 3.8) is 0 Å². The van der Waals surface area contributed by atoms with Gasteiger partial charge in [0, 0.05) is 12.0 Å². The first kappa shape index (κ1) is 16.5. The first-order chi connectivity index (χ1) is 12.7. The van der Waals surface area contributed by atoms with Gasteiger partial charge < -0.3 is 9.47 Å². The van der Waals surface area contributed by atoms with Gasteiger partial charge in [0.15, 0.2) is 11.5 Å². The van der Waals surface area contributed by atoms with Crippen molar-refractivity contribution in [3.05, 3.63) is 64.7 Å². The third kappa shape index (κ3) is 3.52. The van der Waals surface area contributed by atoms with Crippen molar-refractivity contribution in [2.24, 2.45) is 0 Å². The van der Waals surface area contributed by atoms with Crippen LogP contribution in [-0.2, 0) is 6.42 Å². The van der Waals surface area contributed by atoms with Gasteiger partial charge in [0.2, 0.25) is 11.9 Å². The van der Waals surface area contributed by atoms with Gasteiger partial charge in [-0.05, 0) is 29.7 Å². The van der Waals surface area contributed by atoms with E-state index in [1.165, 1.54) is 16.9 Å². The number of hydrogen-bond donors (Lipinski definition) is 1. The summed E-state index contributed by atoms with van der Waals surface area (Å²) in [5.41, 5.74) is 1.75. The molecular formula is C19H17N3O3S. The van der Waals surface area contributed by atoms with E-state index in [4.69, 9.17) is 9.47 Å². The van der Waals surface area contributed by atoms with Crippen LogP contribution in [0, 0.1) is 0 Å². The fourth-order valence-electron chi connectivity index (χ4n) is 2.76. The molecule has 6 nitrogen and oxygen atoms in total. The number of rotatable bonds is 5. The van der Waals surface area contributed by atoms with Crippen molar-refractivity contribution >= 4 is 22.4 Å². The maximum atomic E-state index is 12.4. The zero-order valence-corrected chi connectivity index (χ0v) is 15.0. The molecule has 1 atom stereocenters. The highest BCUT2D eigenvalue weighted by Gasteiger charge is 2.17. The standard InChI is InChI=1S/C19H17N3O3S/c1-12(13-5-3-2-4-6-13)9-17-21-22-19(26-17)20-18(23)14-7-8-15-16(10-14)25-11-24-15/h2-8,10,12H,9,11H2,1H3,(H,20,22,23). The summed E-state index contributed by atoms with van der Waals surface area (Å²) in [5.74, 6) is 1.31. The number of ether oxygens (including phenoxy) is 2. The summed E-state index contributed by atoms with van der Waals surface area (Å²) < 4.78 is 10.6. The lowest BCUT2D eigenvalue weighted by atomic mass is 9.98. The molecule has 0 aliphatic carbocycles. The van der Waals surface area contributed by atoms with Crippen LogP contribution < -0.4 is 14.8 Å². The predicted molar refractivity (Wildman–Crippen MR) is 99.0 cm³/mol. The fourth-order valence-corrected chi connectivity index (χ4v) is 3.62. The van der Waals surface area contributed by atoms with Crippen LogP contribution in [0.4, 0.5) is 5.13 Å². The van der Waals surface area contributed by atoms with Crippen LogP contribution in [-0.4, -0.2) is 22.9 Å². The van der Waals surface area contributed by atoms with Crippen molar-refractivity contribution < 1.29 is 14.3 Å². The van der Waals surface area contributed by atoms with Gasteiger partial charge in [0.25, 0.3) is 5.91 Å². The second kappa shape index (κ2) is 7.13. The van der Waals surface area contributed by atoms with Gasteiger partial charge in [0.05, 0.1) is 0 Å². The van der Waals surface area contributed by atoms with Crippen molar-refractivity contribution in [1.82, 2.24) is 10.2 Å². The molecular weight excluding hydrogens is 350 g/mol. The molecule has 0 radical (unpaired) electrons. The Kier molecular flexibility index (Phi) is 4.53. The van der Waals surface area contributed by atoms with Crippen molar-refractivity contribution in [2.75, 3.05) is 12.1 Å². The lowest BCUT2D eigenvalue weighted by molar-refractivity contribution is 0.102. The van der Waals surface area contributed by atoms with Crippen LogP contribution in [0.3, 0.4) is 0 Å². The van der Waals surface area contributed by atoms with E-state index >= 15 is 0 Å². The second-order valence-corrected chi connectivity index (χ2v) is 7.10. The summed E-state index contributed by atoms with van der Waals surface area (Å²) in [6, 6.07) is 15.4. The lowest BCUT2D eigenvalue weighted by Crippen LogP contribution is -2.11. The van der Waals surface area contributed by atoms with Gasteiger partial charge in [-0.15, -0.1) is 10.2 Å². The zero-order chi connectivity index (χ0) is 17.9. The smallest absolute Gasteiger partial charge is 0.257 e. The van der Waals surface area contributed by atoms with Crippen LogP contribution in [0.25, 0.3) is 0 Å². The number of carbonyl (C=O) groups is 1. The minimum atomic E-state index is -0.248. The Morgan fingerprint density at radius 1 is 1.15 bits per heavy atom. The molecule has 3 aromatic rings. The average molecular weight is 367 g/mol. The quantitative estimate of drug-likeness (QED) is 0.741. The van der Waals surface area contributed by atoms with Crippen LogP contribution in [0.15, 0.2) is 48.5 Å². The van der Waals surface area contributed by atoms with Crippen molar-refractivity contribution in [2.45, 2.75) is 19.3 Å². The molecule has 4 rings (SSSR count). The Hall–Kier alpha value is -2.93. The van der Waals surface area contributed by atoms with E-state index in [9.17, 15) is 4.79 Å². The molecule has 2 aromatic carbocycles. The highest BCUT2D eigenvalue weighted by Crippen LogP contribution is 2.33. The number of carbonyl (C=O) groups excluding carboxylic acids is 1. The van der Waals surface area contributed by atoms with Gasteiger partial charge in [-0.2, -0.15) is 0 Å². The Morgan fingerprint density at radius 3 is 2.81 bits per heavy atom. The fraction of sp³-hybridized carbons (Fsp3) is 0.211. The molecule has 132 valence electrons. The topological polar surface area (TPSA) is 73.3 Å². The van der Waals surface area contributed by atoms with Gasteiger partial charge >= 0.3 is 0 Å². The minimum Gasteiger partial charge on any atom is -0.454 e. The molecule has 0 bridgehead atoms. The highest BCUT2D eigenvalue weighted by molar-refractivity contribution is 7.15. The Balaban J connectivity index is 1.41. The molecule has 1 aliphatic rings. The first-order valence-electron chi connectivity index (χ1n) is 8.27. The van der Waals surface area contributed by atoms with Crippen LogP contribution in [0.5, 0.6) is 11.5 Å². The zero-order valence-electron chi connectivity index (χ0n) is 14.1. The maximum Gasteiger partial charge on any atom is 0.257 e. The Labute approximate surface area is 154 Å². The summed E-state index contributed by atoms with van der Waals surface area (Å²) in [6.45, 7) is 2.33. The van der Waals surface area contributed by atoms with Gasteiger partial charge in [-0.3, -0.25) is 10.1 Å². The van der Waals surface area contributed by atoms with E-state index in [1.54, 1.807) is 18.2 Å². The lowest BCUT2D eigenvalue weighted by Gasteiger charge is -2.08. The van der Waals surface area contributed by atoms with Crippen LogP contribution >= 0.6 is 11.3 Å². The van der Waals surface area contributed by atoms with Crippen LogP contribution in [0.1, 0.15) is 33.8 Å². The molecule has 26 heavy (non-hydrogen) atoms. The number of nitrogens with one attached hydrogen (secondary N) is 1. The van der Waals surface area contributed by atoms with Crippen molar-refractivity contribution in [3.8, 4) is 11.5 Å². The van der Waals surface area contributed by atoms with E-state index in [-0.39, 0.29) is 12.7 Å². The number of fused-ring (bicyclic) bond motifs is 1. The van der Waals surface area contributed by atoms with E-state index in [2.05, 4.69) is 34.6 Å². The predicted octanol–water partition coefficient (Wildman–Crippen LogP) is 3.87. The largest absolute Gasteiger partial charge is 0.454 e. The molecule has 7 heteroatoms. The summed E-state index contributed by atoms with van der Waals surface area (Å²) in [7, 11) is 0. The summed E-state index contributed by atoms with van der Waals surface area (Å²) >= 11 is 1.39. The monoisotopic (exact) mass is 367 g/mol. The summed E-state index contributed by atoms with van der Waals surface area (Å²) in [5, 5.41) is 12.4. The number of anilines is 1. The number of hydrogen-bond acceptors (Lipinski definition) is 6. The van der Waals surface area contributed by atoms with E-state index in [0.29, 0.717) is 28.1 Å². The molecule has 0 spiro atoms.